The summed E-state index contributed by atoms with van der Waals surface area (Å²) in [5.74, 6) is 0.182. The Labute approximate surface area is 103 Å². The Balaban J connectivity index is 2.73. The topological polar surface area (TPSA) is 55.5 Å². The lowest BCUT2D eigenvalue weighted by Crippen LogP contribution is -2.15. The molecule has 18 heavy (non-hydrogen) atoms. The Hall–Kier alpha value is -1.43. The first-order valence-corrected chi connectivity index (χ1v) is 5.61. The van der Waals surface area contributed by atoms with Crippen LogP contribution in [0, 0.1) is 0 Å². The predicted molar refractivity (Wildman–Crippen MR) is 61.5 cm³/mol. The molecule has 0 heterocycles. The van der Waals surface area contributed by atoms with Crippen molar-refractivity contribution in [2.24, 2.45) is 5.73 Å². The van der Waals surface area contributed by atoms with Crippen LogP contribution < -0.4 is 10.5 Å². The molecule has 0 radical (unpaired) electrons. The maximum Gasteiger partial charge on any atom is 0.389 e. The number of nitrogens with two attached hydrogens (primary N) is 1. The monoisotopic (exact) mass is 263 g/mol. The van der Waals surface area contributed by atoms with Crippen LogP contribution in [0.25, 0.3) is 0 Å². The maximum absolute atomic E-state index is 12.1. The minimum absolute atomic E-state index is 0.0522. The van der Waals surface area contributed by atoms with Crippen LogP contribution in [0.3, 0.4) is 0 Å². The smallest absolute Gasteiger partial charge is 0.389 e. The Kier molecular flexibility index (Phi) is 4.84. The van der Waals surface area contributed by atoms with Crippen molar-refractivity contribution in [3.8, 4) is 11.5 Å². The molecular formula is C12H16F3NO2. The number of ether oxygens (including phenoxy) is 1. The molecule has 3 nitrogen and oxygen atoms in total. The fourth-order valence-corrected chi connectivity index (χ4v) is 1.52. The molecule has 0 spiro atoms. The lowest BCUT2D eigenvalue weighted by atomic mass is 10.0. The minimum Gasteiger partial charge on any atom is -0.504 e. The first-order chi connectivity index (χ1) is 8.33. The van der Waals surface area contributed by atoms with Gasteiger partial charge >= 0.3 is 6.18 Å². The highest BCUT2D eigenvalue weighted by molar-refractivity contribution is 5.42. The third-order valence-corrected chi connectivity index (χ3v) is 2.45. The summed E-state index contributed by atoms with van der Waals surface area (Å²) in [5.41, 5.74) is 6.19. The van der Waals surface area contributed by atoms with Gasteiger partial charge in [0, 0.05) is 12.5 Å². The number of phenolic OH excluding ortho intramolecular Hbond substituents is 1. The van der Waals surface area contributed by atoms with E-state index in [2.05, 4.69) is 0 Å². The van der Waals surface area contributed by atoms with E-state index < -0.39 is 18.6 Å². The van der Waals surface area contributed by atoms with Gasteiger partial charge in [-0.3, -0.25) is 0 Å². The molecule has 0 amide bonds. The average Bonchev–Trinajstić information content (AvgIpc) is 2.28. The van der Waals surface area contributed by atoms with Crippen molar-refractivity contribution in [2.75, 3.05) is 6.61 Å². The molecule has 0 unspecified atom stereocenters. The zero-order valence-electron chi connectivity index (χ0n) is 10.00. The zero-order chi connectivity index (χ0) is 13.8. The molecule has 0 aliphatic carbocycles. The fourth-order valence-electron chi connectivity index (χ4n) is 1.52. The van der Waals surface area contributed by atoms with Crippen LogP contribution in [0.1, 0.15) is 31.4 Å². The normalized spacial score (nSPS) is 13.4. The molecule has 102 valence electrons. The molecule has 3 N–H and O–H groups in total. The van der Waals surface area contributed by atoms with Crippen LogP contribution in [0.2, 0.25) is 0 Å². The van der Waals surface area contributed by atoms with Crippen molar-refractivity contribution in [2.45, 2.75) is 32.0 Å². The number of alkyl halides is 3. The molecule has 0 bridgehead atoms. The number of hydrogen-bond acceptors (Lipinski definition) is 3. The number of aromatic hydroxyl groups is 1. The second-order valence-electron chi connectivity index (χ2n) is 3.92. The standard InChI is InChI=1S/C12H16F3NO2/c1-2-18-11-7-8(3-4-10(11)17)9(16)5-6-12(13,14)15/h3-4,7,9,17H,2,5-6,16H2,1H3/t9-/m0/s1. The van der Waals surface area contributed by atoms with Gasteiger partial charge in [-0.25, -0.2) is 0 Å². The molecule has 1 rings (SSSR count). The van der Waals surface area contributed by atoms with Gasteiger partial charge in [-0.1, -0.05) is 6.07 Å². The number of rotatable bonds is 5. The summed E-state index contributed by atoms with van der Waals surface area (Å²) in [6.07, 6.45) is -5.34. The van der Waals surface area contributed by atoms with Crippen molar-refractivity contribution < 1.29 is 23.0 Å². The van der Waals surface area contributed by atoms with Crippen LogP contribution in [0.4, 0.5) is 13.2 Å². The number of halogens is 3. The van der Waals surface area contributed by atoms with Crippen molar-refractivity contribution in [1.82, 2.24) is 0 Å². The van der Waals surface area contributed by atoms with Gasteiger partial charge in [-0.2, -0.15) is 13.2 Å². The Morgan fingerprint density at radius 3 is 2.61 bits per heavy atom. The summed E-state index contributed by atoms with van der Waals surface area (Å²) in [7, 11) is 0. The van der Waals surface area contributed by atoms with Gasteiger partial charge in [0.1, 0.15) is 0 Å². The van der Waals surface area contributed by atoms with Crippen LogP contribution in [0.15, 0.2) is 18.2 Å². The van der Waals surface area contributed by atoms with Gasteiger partial charge in [-0.15, -0.1) is 0 Å². The molecule has 6 heteroatoms. The Morgan fingerprint density at radius 2 is 2.06 bits per heavy atom. The zero-order valence-corrected chi connectivity index (χ0v) is 10.00. The highest BCUT2D eigenvalue weighted by Crippen LogP contribution is 2.31. The highest BCUT2D eigenvalue weighted by atomic mass is 19.4. The SMILES string of the molecule is CCOc1cc([C@@H](N)CCC(F)(F)F)ccc1O. The molecule has 1 atom stereocenters. The third-order valence-electron chi connectivity index (χ3n) is 2.45. The summed E-state index contributed by atoms with van der Waals surface area (Å²) in [6.45, 7) is 2.10. The van der Waals surface area contributed by atoms with E-state index in [1.807, 2.05) is 0 Å². The molecule has 1 aromatic rings. The summed E-state index contributed by atoms with van der Waals surface area (Å²) >= 11 is 0. The molecule has 0 aliphatic rings. The fraction of sp³-hybridized carbons (Fsp3) is 0.500. The Bertz CT molecular complexity index is 393. The lowest BCUT2D eigenvalue weighted by molar-refractivity contribution is -0.136. The number of benzene rings is 1. The summed E-state index contributed by atoms with van der Waals surface area (Å²) < 4.78 is 41.4. The maximum atomic E-state index is 12.1. The second kappa shape index (κ2) is 5.95. The van der Waals surface area contributed by atoms with E-state index in [4.69, 9.17) is 10.5 Å². The Morgan fingerprint density at radius 1 is 1.39 bits per heavy atom. The van der Waals surface area contributed by atoms with E-state index in [1.165, 1.54) is 18.2 Å². The van der Waals surface area contributed by atoms with Crippen molar-refractivity contribution in [1.29, 1.82) is 0 Å². The predicted octanol–water partition coefficient (Wildman–Crippen LogP) is 3.13. The van der Waals surface area contributed by atoms with Gasteiger partial charge in [0.05, 0.1) is 6.61 Å². The van der Waals surface area contributed by atoms with Crippen LogP contribution >= 0.6 is 0 Å². The summed E-state index contributed by atoms with van der Waals surface area (Å²) in [4.78, 5) is 0. The number of hydrogen-bond donors (Lipinski definition) is 2. The van der Waals surface area contributed by atoms with E-state index in [9.17, 15) is 18.3 Å². The van der Waals surface area contributed by atoms with E-state index in [1.54, 1.807) is 6.92 Å². The molecule has 0 fully saturated rings. The molecule has 1 aromatic carbocycles. The second-order valence-corrected chi connectivity index (χ2v) is 3.92. The molecular weight excluding hydrogens is 247 g/mol. The number of phenols is 1. The van der Waals surface area contributed by atoms with E-state index >= 15 is 0 Å². The quantitative estimate of drug-likeness (QED) is 0.858. The lowest BCUT2D eigenvalue weighted by Gasteiger charge is -2.15. The van der Waals surface area contributed by atoms with Crippen molar-refractivity contribution >= 4 is 0 Å². The molecule has 0 saturated carbocycles. The highest BCUT2D eigenvalue weighted by Gasteiger charge is 2.27. The average molecular weight is 263 g/mol. The first-order valence-electron chi connectivity index (χ1n) is 5.61. The molecule has 0 aliphatic heterocycles. The van der Waals surface area contributed by atoms with Gasteiger partial charge in [0.25, 0.3) is 0 Å². The minimum atomic E-state index is -4.21. The third kappa shape index (κ3) is 4.44. The summed E-state index contributed by atoms with van der Waals surface area (Å²) in [5, 5.41) is 9.46. The van der Waals surface area contributed by atoms with Gasteiger partial charge < -0.3 is 15.6 Å². The van der Waals surface area contributed by atoms with E-state index in [0.29, 0.717) is 12.2 Å². The molecule has 0 saturated heterocycles. The summed E-state index contributed by atoms with van der Waals surface area (Å²) in [6, 6.07) is 3.61. The van der Waals surface area contributed by atoms with E-state index in [0.717, 1.165) is 0 Å². The van der Waals surface area contributed by atoms with E-state index in [-0.39, 0.29) is 17.9 Å². The van der Waals surface area contributed by atoms with Crippen molar-refractivity contribution in [3.63, 3.8) is 0 Å². The van der Waals surface area contributed by atoms with Crippen molar-refractivity contribution in [3.05, 3.63) is 23.8 Å². The van der Waals surface area contributed by atoms with Crippen LogP contribution in [-0.2, 0) is 0 Å². The van der Waals surface area contributed by atoms with Gasteiger partial charge in [-0.05, 0) is 31.0 Å². The van der Waals surface area contributed by atoms with Gasteiger partial charge in [0.2, 0.25) is 0 Å². The van der Waals surface area contributed by atoms with Gasteiger partial charge in [0.15, 0.2) is 11.5 Å². The van der Waals surface area contributed by atoms with Crippen LogP contribution in [0.5, 0.6) is 11.5 Å². The first kappa shape index (κ1) is 14.6. The molecule has 0 aromatic heterocycles. The largest absolute Gasteiger partial charge is 0.504 e. The van der Waals surface area contributed by atoms with Crippen LogP contribution in [-0.4, -0.2) is 17.9 Å².